The number of carbonyl (C=O) groups excluding carboxylic acids is 1. The van der Waals surface area contributed by atoms with Crippen molar-refractivity contribution >= 4 is 22.7 Å². The molecule has 0 aliphatic heterocycles. The van der Waals surface area contributed by atoms with Crippen molar-refractivity contribution in [3.8, 4) is 0 Å². The molecule has 4 heteroatoms. The van der Waals surface area contributed by atoms with E-state index in [1.807, 2.05) is 19.1 Å². The topological polar surface area (TPSA) is 67.3 Å². The highest BCUT2D eigenvalue weighted by Crippen LogP contribution is 2.23. The van der Waals surface area contributed by atoms with Crippen molar-refractivity contribution in [3.63, 3.8) is 0 Å². The number of carboxylic acid groups (broad SMARTS) is 1. The number of fused-ring (bicyclic) bond motifs is 1. The van der Waals surface area contributed by atoms with E-state index in [0.717, 1.165) is 5.56 Å². The molecule has 0 aliphatic rings. The molecule has 0 unspecified atom stereocenters. The summed E-state index contributed by atoms with van der Waals surface area (Å²) in [6, 6.07) is 13.9. The average Bonchev–Trinajstić information content (AvgIpc) is 2.53. The van der Waals surface area contributed by atoms with Gasteiger partial charge in [-0.1, -0.05) is 48.0 Å². The number of aryl methyl sites for hydroxylation is 1. The predicted octanol–water partition coefficient (Wildman–Crippen LogP) is 3.47. The maximum atomic E-state index is 12.6. The van der Waals surface area contributed by atoms with Gasteiger partial charge in [-0.05, 0) is 13.0 Å². The van der Waals surface area contributed by atoms with E-state index >= 15 is 0 Å². The largest absolute Gasteiger partial charge is 0.478 e. The van der Waals surface area contributed by atoms with Crippen molar-refractivity contribution in [2.45, 2.75) is 6.92 Å². The zero-order valence-corrected chi connectivity index (χ0v) is 11.9. The average molecular weight is 291 g/mol. The Bertz CT molecular complexity index is 882. The highest BCUT2D eigenvalue weighted by molar-refractivity contribution is 6.18. The Balaban J connectivity index is 2.22. The Kier molecular flexibility index (Phi) is 3.43. The van der Waals surface area contributed by atoms with Crippen molar-refractivity contribution in [3.05, 3.63) is 77.0 Å². The summed E-state index contributed by atoms with van der Waals surface area (Å²) < 4.78 is 0. The minimum atomic E-state index is -1.13. The number of pyridine rings is 1. The molecule has 0 fully saturated rings. The molecule has 108 valence electrons. The molecule has 0 amide bonds. The van der Waals surface area contributed by atoms with Gasteiger partial charge in [0.2, 0.25) is 0 Å². The zero-order valence-electron chi connectivity index (χ0n) is 11.9. The normalized spacial score (nSPS) is 10.6. The lowest BCUT2D eigenvalue weighted by molar-refractivity contribution is 0.0695. The van der Waals surface area contributed by atoms with Crippen molar-refractivity contribution in [2.75, 3.05) is 0 Å². The maximum Gasteiger partial charge on any atom is 0.337 e. The number of hydrogen-bond acceptors (Lipinski definition) is 3. The number of ketones is 1. The van der Waals surface area contributed by atoms with Gasteiger partial charge >= 0.3 is 5.97 Å². The molecular formula is C18H13NO3. The third kappa shape index (κ3) is 2.35. The Labute approximate surface area is 127 Å². The smallest absolute Gasteiger partial charge is 0.337 e. The molecule has 1 N–H and O–H groups in total. The van der Waals surface area contributed by atoms with Gasteiger partial charge in [-0.15, -0.1) is 0 Å². The van der Waals surface area contributed by atoms with Gasteiger partial charge < -0.3 is 5.11 Å². The third-order valence-electron chi connectivity index (χ3n) is 3.55. The number of nitrogens with zero attached hydrogens (tertiary/aromatic N) is 1. The number of para-hydroxylation sites is 1. The van der Waals surface area contributed by atoms with Crippen LogP contribution in [0.1, 0.15) is 31.8 Å². The van der Waals surface area contributed by atoms with Crippen molar-refractivity contribution in [1.82, 2.24) is 4.98 Å². The second-order valence-electron chi connectivity index (χ2n) is 5.06. The molecule has 1 aromatic heterocycles. The molecular weight excluding hydrogens is 278 g/mol. The minimum absolute atomic E-state index is 0.00354. The molecule has 3 aromatic rings. The van der Waals surface area contributed by atoms with Crippen LogP contribution >= 0.6 is 0 Å². The van der Waals surface area contributed by atoms with E-state index in [-0.39, 0.29) is 16.9 Å². The second-order valence-corrected chi connectivity index (χ2v) is 5.06. The van der Waals surface area contributed by atoms with Crippen LogP contribution in [0, 0.1) is 6.92 Å². The fourth-order valence-electron chi connectivity index (χ4n) is 2.40. The molecule has 1 heterocycles. The van der Waals surface area contributed by atoms with E-state index in [0.29, 0.717) is 16.5 Å². The van der Waals surface area contributed by atoms with Crippen molar-refractivity contribution < 1.29 is 14.7 Å². The van der Waals surface area contributed by atoms with E-state index < -0.39 is 5.97 Å². The van der Waals surface area contributed by atoms with Gasteiger partial charge in [-0.3, -0.25) is 9.78 Å². The fraction of sp³-hybridized carbons (Fsp3) is 0.0556. The van der Waals surface area contributed by atoms with Gasteiger partial charge in [-0.2, -0.15) is 0 Å². The van der Waals surface area contributed by atoms with E-state index in [1.54, 1.807) is 36.4 Å². The van der Waals surface area contributed by atoms with E-state index in [1.165, 1.54) is 6.20 Å². The number of rotatable bonds is 3. The van der Waals surface area contributed by atoms with Gasteiger partial charge in [-0.25, -0.2) is 4.79 Å². The van der Waals surface area contributed by atoms with Crippen LogP contribution in [0.2, 0.25) is 0 Å². The Morgan fingerprint density at radius 3 is 2.36 bits per heavy atom. The summed E-state index contributed by atoms with van der Waals surface area (Å²) in [5.41, 5.74) is 2.14. The lowest BCUT2D eigenvalue weighted by atomic mass is 9.96. The molecule has 22 heavy (non-hydrogen) atoms. The number of hydrogen-bond donors (Lipinski definition) is 1. The molecule has 0 atom stereocenters. The van der Waals surface area contributed by atoms with Crippen molar-refractivity contribution in [1.29, 1.82) is 0 Å². The monoisotopic (exact) mass is 291 g/mol. The van der Waals surface area contributed by atoms with Crippen LogP contribution in [0.4, 0.5) is 0 Å². The highest BCUT2D eigenvalue weighted by Gasteiger charge is 2.21. The lowest BCUT2D eigenvalue weighted by Crippen LogP contribution is -2.11. The summed E-state index contributed by atoms with van der Waals surface area (Å²) >= 11 is 0. The predicted molar refractivity (Wildman–Crippen MR) is 83.3 cm³/mol. The number of aromatic nitrogens is 1. The first-order valence-electron chi connectivity index (χ1n) is 6.80. The molecule has 0 saturated carbocycles. The van der Waals surface area contributed by atoms with Crippen LogP contribution in [0.25, 0.3) is 10.9 Å². The fourth-order valence-corrected chi connectivity index (χ4v) is 2.40. The summed E-state index contributed by atoms with van der Waals surface area (Å²) in [5.74, 6) is -1.47. The molecule has 2 aromatic carbocycles. The summed E-state index contributed by atoms with van der Waals surface area (Å²) in [5, 5.41) is 9.99. The van der Waals surface area contributed by atoms with Gasteiger partial charge in [0, 0.05) is 17.1 Å². The molecule has 0 spiro atoms. The standard InChI is InChI=1S/C18H13NO3/c1-11-6-8-12(9-7-11)17(20)14-10-19-15-5-3-2-4-13(15)16(14)18(21)22/h2-10H,1H3,(H,21,22). The number of benzene rings is 2. The first kappa shape index (κ1) is 13.9. The quantitative estimate of drug-likeness (QED) is 0.750. The SMILES string of the molecule is Cc1ccc(C(=O)c2cnc3ccccc3c2C(=O)O)cc1. The van der Waals surface area contributed by atoms with E-state index in [4.69, 9.17) is 0 Å². The minimum Gasteiger partial charge on any atom is -0.478 e. The summed E-state index contributed by atoms with van der Waals surface area (Å²) in [6.07, 6.45) is 1.34. The second kappa shape index (κ2) is 5.41. The maximum absolute atomic E-state index is 12.6. The zero-order chi connectivity index (χ0) is 15.7. The summed E-state index contributed by atoms with van der Waals surface area (Å²) in [7, 11) is 0. The molecule has 0 aliphatic carbocycles. The van der Waals surface area contributed by atoms with Crippen LogP contribution in [0.5, 0.6) is 0 Å². The Morgan fingerprint density at radius 2 is 1.68 bits per heavy atom. The molecule has 0 bridgehead atoms. The van der Waals surface area contributed by atoms with Crippen molar-refractivity contribution in [2.24, 2.45) is 0 Å². The number of aromatic carboxylic acids is 1. The summed E-state index contributed by atoms with van der Waals surface area (Å²) in [4.78, 5) is 28.5. The van der Waals surface area contributed by atoms with Crippen LogP contribution in [0.15, 0.2) is 54.7 Å². The first-order valence-corrected chi connectivity index (χ1v) is 6.80. The first-order chi connectivity index (χ1) is 10.6. The Hall–Kier alpha value is -3.01. The number of carboxylic acids is 1. The van der Waals surface area contributed by atoms with Crippen LogP contribution in [-0.2, 0) is 0 Å². The van der Waals surface area contributed by atoms with Crippen LogP contribution in [-0.4, -0.2) is 21.8 Å². The molecule has 4 nitrogen and oxygen atoms in total. The summed E-state index contributed by atoms with van der Waals surface area (Å²) in [6.45, 7) is 1.93. The van der Waals surface area contributed by atoms with E-state index in [2.05, 4.69) is 4.98 Å². The van der Waals surface area contributed by atoms with Gasteiger partial charge in [0.1, 0.15) is 0 Å². The third-order valence-corrected chi connectivity index (χ3v) is 3.55. The number of carbonyl (C=O) groups is 2. The Morgan fingerprint density at radius 1 is 1.00 bits per heavy atom. The molecule has 0 saturated heterocycles. The van der Waals surface area contributed by atoms with Gasteiger partial charge in [0.15, 0.2) is 5.78 Å². The lowest BCUT2D eigenvalue weighted by Gasteiger charge is -2.08. The van der Waals surface area contributed by atoms with Gasteiger partial charge in [0.05, 0.1) is 16.6 Å². The van der Waals surface area contributed by atoms with Crippen LogP contribution < -0.4 is 0 Å². The molecule has 3 rings (SSSR count). The van der Waals surface area contributed by atoms with Crippen LogP contribution in [0.3, 0.4) is 0 Å². The van der Waals surface area contributed by atoms with E-state index in [9.17, 15) is 14.7 Å². The van der Waals surface area contributed by atoms with Gasteiger partial charge in [0.25, 0.3) is 0 Å². The highest BCUT2D eigenvalue weighted by atomic mass is 16.4. The molecule has 0 radical (unpaired) electrons.